The third-order valence-electron chi connectivity index (χ3n) is 15.1. The highest BCUT2D eigenvalue weighted by Crippen LogP contribution is 2.70. The molecule has 7 nitrogen and oxygen atoms in total. The van der Waals surface area contributed by atoms with Gasteiger partial charge in [0.05, 0.1) is 44.2 Å². The van der Waals surface area contributed by atoms with E-state index in [9.17, 15) is 4.79 Å². The van der Waals surface area contributed by atoms with Crippen molar-refractivity contribution in [2.24, 2.45) is 52.3 Å². The molecule has 0 unspecified atom stereocenters. The van der Waals surface area contributed by atoms with E-state index >= 15 is 0 Å². The number of hydrogen-bond acceptors (Lipinski definition) is 5. The Balaban J connectivity index is 0.816. The van der Waals surface area contributed by atoms with Gasteiger partial charge in [-0.3, -0.25) is 4.79 Å². The maximum atomic E-state index is 13.1. The highest BCUT2D eigenvalue weighted by Gasteiger charge is 2.65. The van der Waals surface area contributed by atoms with E-state index in [0.717, 1.165) is 48.8 Å². The Morgan fingerprint density at radius 1 is 0.961 bits per heavy atom. The van der Waals surface area contributed by atoms with Crippen LogP contribution in [0.5, 0.6) is 0 Å². The maximum absolute atomic E-state index is 13.1. The van der Waals surface area contributed by atoms with Crippen molar-refractivity contribution in [2.45, 2.75) is 130 Å². The summed E-state index contributed by atoms with van der Waals surface area (Å²) in [7, 11) is 0. The number of fused-ring (bicyclic) bond motifs is 7. The zero-order valence-corrected chi connectivity index (χ0v) is 31.4. The van der Waals surface area contributed by atoms with Crippen molar-refractivity contribution in [3.05, 3.63) is 83.7 Å². The first kappa shape index (κ1) is 35.0. The van der Waals surface area contributed by atoms with Crippen LogP contribution in [0.2, 0.25) is 0 Å². The minimum Gasteiger partial charge on any atom is -0.374 e. The number of carbonyl (C=O) groups is 1. The van der Waals surface area contributed by atoms with Crippen LogP contribution in [0.25, 0.3) is 0 Å². The predicted molar refractivity (Wildman–Crippen MR) is 199 cm³/mol. The van der Waals surface area contributed by atoms with E-state index in [1.54, 1.807) is 0 Å². The first-order valence-electron chi connectivity index (χ1n) is 20.2. The van der Waals surface area contributed by atoms with Gasteiger partial charge in [0.25, 0.3) is 0 Å². The summed E-state index contributed by atoms with van der Waals surface area (Å²) in [4.78, 5) is 13.1. The van der Waals surface area contributed by atoms with Crippen molar-refractivity contribution in [3.63, 3.8) is 0 Å². The highest BCUT2D eigenvalue weighted by atomic mass is 16.5. The van der Waals surface area contributed by atoms with Crippen molar-refractivity contribution >= 4 is 5.91 Å². The number of amides is 1. The molecule has 5 aliphatic rings. The normalized spacial score (nSPS) is 37.5. The molecule has 4 saturated carbocycles. The molecule has 0 bridgehead atoms. The van der Waals surface area contributed by atoms with E-state index in [4.69, 9.17) is 9.47 Å². The number of carbonyl (C=O) groups excluding carboxylic acids is 1. The average molecular weight is 693 g/mol. The minimum atomic E-state index is -0.0610. The van der Waals surface area contributed by atoms with Crippen LogP contribution in [0.3, 0.4) is 0 Å². The van der Waals surface area contributed by atoms with Crippen LogP contribution >= 0.6 is 0 Å². The summed E-state index contributed by atoms with van der Waals surface area (Å²) < 4.78 is 15.3. The first-order valence-corrected chi connectivity index (χ1v) is 20.2. The Morgan fingerprint density at radius 2 is 1.71 bits per heavy atom. The molecule has 1 amide bonds. The van der Waals surface area contributed by atoms with E-state index in [0.29, 0.717) is 48.0 Å². The van der Waals surface area contributed by atoms with Crippen molar-refractivity contribution in [2.75, 3.05) is 0 Å². The summed E-state index contributed by atoms with van der Waals surface area (Å²) in [5.74, 6) is 4.49. The fourth-order valence-electron chi connectivity index (χ4n) is 12.3. The van der Waals surface area contributed by atoms with E-state index in [-0.39, 0.29) is 17.9 Å². The first-order chi connectivity index (χ1) is 24.7. The van der Waals surface area contributed by atoms with E-state index in [1.807, 2.05) is 29.1 Å². The van der Waals surface area contributed by atoms with Crippen LogP contribution in [0.15, 0.2) is 66.9 Å². The van der Waals surface area contributed by atoms with Gasteiger partial charge in [0.2, 0.25) is 5.91 Å². The lowest BCUT2D eigenvalue weighted by Crippen LogP contribution is -2.54. The Bertz CT molecular complexity index is 1630. The molecule has 2 aromatic carbocycles. The highest BCUT2D eigenvalue weighted by molar-refractivity contribution is 5.78. The van der Waals surface area contributed by atoms with Gasteiger partial charge in [0.1, 0.15) is 5.69 Å². The van der Waals surface area contributed by atoms with Crippen LogP contribution < -0.4 is 5.32 Å². The summed E-state index contributed by atoms with van der Waals surface area (Å²) in [6.45, 7) is 11.7. The van der Waals surface area contributed by atoms with Crippen molar-refractivity contribution < 1.29 is 14.3 Å². The summed E-state index contributed by atoms with van der Waals surface area (Å²) in [6.07, 6.45) is 15.3. The fourth-order valence-corrected chi connectivity index (χ4v) is 12.3. The zero-order chi connectivity index (χ0) is 35.2. The van der Waals surface area contributed by atoms with Gasteiger partial charge in [-0.15, -0.1) is 5.10 Å². The van der Waals surface area contributed by atoms with Crippen LogP contribution in [0, 0.1) is 52.3 Å². The van der Waals surface area contributed by atoms with Gasteiger partial charge in [-0.1, -0.05) is 93.6 Å². The molecular formula is C44H60N4O3. The molecule has 1 aromatic heterocycles. The van der Waals surface area contributed by atoms with E-state index in [1.165, 1.54) is 62.5 Å². The minimum absolute atomic E-state index is 0.0610. The lowest BCUT2D eigenvalue weighted by atomic mass is 9.44. The smallest absolute Gasteiger partial charge is 0.223 e. The number of ether oxygens (including phenoxy) is 2. The summed E-state index contributed by atoms with van der Waals surface area (Å²) in [5, 5.41) is 11.6. The largest absolute Gasteiger partial charge is 0.374 e. The molecule has 1 N–H and O–H groups in total. The molecule has 5 fully saturated rings. The van der Waals surface area contributed by atoms with Crippen LogP contribution in [-0.4, -0.2) is 39.2 Å². The molecule has 0 radical (unpaired) electrons. The molecule has 51 heavy (non-hydrogen) atoms. The zero-order valence-electron chi connectivity index (χ0n) is 31.4. The number of nitrogens with zero attached hydrogens (tertiary/aromatic N) is 3. The van der Waals surface area contributed by atoms with Gasteiger partial charge in [-0.2, -0.15) is 0 Å². The second-order valence-corrected chi connectivity index (χ2v) is 17.8. The monoisotopic (exact) mass is 692 g/mol. The molecule has 12 atom stereocenters. The Morgan fingerprint density at radius 3 is 2.49 bits per heavy atom. The Labute approximate surface area is 305 Å². The number of nitrogens with one attached hydrogen (secondary N) is 1. The predicted octanol–water partition coefficient (Wildman–Crippen LogP) is 8.62. The van der Waals surface area contributed by atoms with Gasteiger partial charge in [-0.05, 0) is 122 Å². The molecule has 8 rings (SSSR count). The van der Waals surface area contributed by atoms with Crippen molar-refractivity contribution in [1.29, 1.82) is 0 Å². The molecule has 0 spiro atoms. The number of aromatic nitrogens is 3. The molecule has 2 heterocycles. The van der Waals surface area contributed by atoms with Gasteiger partial charge in [0, 0.05) is 5.92 Å². The number of hydrogen-bond donors (Lipinski definition) is 1. The SMILES string of the molecule is C[C@H]1[C@H]2[C@H](C[C@H]3[C@@H]4CC[C@@H]5C[C@@H](OCc6ccccc6)CC[C@]5(C)[C@H]4CC[C@]23C)O[C@@H]1CC[C@H](C)C(=O)NCc1cn(Cc2ccccc2)nn1. The lowest BCUT2D eigenvalue weighted by Gasteiger charge is -2.61. The van der Waals surface area contributed by atoms with Crippen molar-refractivity contribution in [3.8, 4) is 0 Å². The third-order valence-corrected chi connectivity index (χ3v) is 15.1. The summed E-state index contributed by atoms with van der Waals surface area (Å²) >= 11 is 0. The number of rotatable bonds is 11. The maximum Gasteiger partial charge on any atom is 0.223 e. The van der Waals surface area contributed by atoms with Gasteiger partial charge in [-0.25, -0.2) is 4.68 Å². The Kier molecular flexibility index (Phi) is 9.90. The van der Waals surface area contributed by atoms with Crippen LogP contribution in [-0.2, 0) is 34.0 Å². The Hall–Kier alpha value is -3.03. The van der Waals surface area contributed by atoms with Gasteiger partial charge < -0.3 is 14.8 Å². The second-order valence-electron chi connectivity index (χ2n) is 17.8. The quantitative estimate of drug-likeness (QED) is 0.218. The topological polar surface area (TPSA) is 78.3 Å². The summed E-state index contributed by atoms with van der Waals surface area (Å²) in [5.41, 5.74) is 4.09. The van der Waals surface area contributed by atoms with Gasteiger partial charge in [0.15, 0.2) is 0 Å². The average Bonchev–Trinajstić information content (AvgIpc) is 3.82. The van der Waals surface area contributed by atoms with E-state index < -0.39 is 0 Å². The number of benzene rings is 2. The lowest BCUT2D eigenvalue weighted by molar-refractivity contribution is -0.139. The molecule has 1 aliphatic heterocycles. The van der Waals surface area contributed by atoms with Crippen LogP contribution in [0.4, 0.5) is 0 Å². The van der Waals surface area contributed by atoms with Crippen molar-refractivity contribution in [1.82, 2.24) is 20.3 Å². The molecule has 274 valence electrons. The molecule has 1 saturated heterocycles. The molecule has 4 aliphatic carbocycles. The standard InChI is InChI=1S/C44H60N4O3/c1-29(42(49)45-25-34-27-48(47-46-34)26-31-11-7-5-8-12-31)15-18-39-30(2)41-40(51-39)24-38-36-17-16-33-23-35(50-28-32-13-9-6-10-14-32)19-21-43(33,3)37(36)20-22-44(38,41)4/h5-14,27,29-30,33,35-41H,15-26,28H2,1-4H3,(H,45,49)/t29-,30+,33+,35-,36+,37-,38-,39+,40-,41-,43-,44-/m0/s1. The third kappa shape index (κ3) is 6.83. The molecular weight excluding hydrogens is 633 g/mol. The summed E-state index contributed by atoms with van der Waals surface area (Å²) in [6, 6.07) is 20.9. The molecule has 7 heteroatoms. The van der Waals surface area contributed by atoms with E-state index in [2.05, 4.69) is 85.8 Å². The fraction of sp³-hybridized carbons (Fsp3) is 0.659. The van der Waals surface area contributed by atoms with Gasteiger partial charge >= 0.3 is 0 Å². The second kappa shape index (κ2) is 14.4. The molecule has 3 aromatic rings. The van der Waals surface area contributed by atoms with Crippen LogP contribution in [0.1, 0.15) is 109 Å².